The number of thioether (sulfide) groups is 1. The minimum absolute atomic E-state index is 0.0133. The molecule has 1 heterocycles. The summed E-state index contributed by atoms with van der Waals surface area (Å²) in [6, 6.07) is 8.02. The number of hydrogen-bond acceptors (Lipinski definition) is 5. The maximum atomic E-state index is 12.7. The Morgan fingerprint density at radius 2 is 1.93 bits per heavy atom. The van der Waals surface area contributed by atoms with Crippen LogP contribution in [0.4, 0.5) is 4.79 Å². The number of nitrogens with zero attached hydrogens (tertiary/aromatic N) is 1. The molecule has 140 valence electrons. The first-order valence-electron chi connectivity index (χ1n) is 7.56. The summed E-state index contributed by atoms with van der Waals surface area (Å²) in [6.45, 7) is -0.0133. The Labute approximate surface area is 178 Å². The van der Waals surface area contributed by atoms with Gasteiger partial charge >= 0.3 is 0 Å². The molecule has 1 N–H and O–H groups in total. The number of halogens is 3. The molecular weight excluding hydrogens is 477 g/mol. The molecule has 0 spiro atoms. The van der Waals surface area contributed by atoms with Gasteiger partial charge in [0.25, 0.3) is 11.1 Å². The summed E-state index contributed by atoms with van der Waals surface area (Å²) in [5.74, 6) is -0.227. The molecule has 1 aliphatic rings. The Balaban J connectivity index is 1.91. The van der Waals surface area contributed by atoms with Gasteiger partial charge in [0.1, 0.15) is 0 Å². The van der Waals surface area contributed by atoms with Crippen LogP contribution in [-0.2, 0) is 11.3 Å². The Kier molecular flexibility index (Phi) is 6.05. The van der Waals surface area contributed by atoms with Crippen molar-refractivity contribution in [3.63, 3.8) is 0 Å². The number of methoxy groups -OCH3 is 1. The summed E-state index contributed by atoms with van der Waals surface area (Å²) < 4.78 is 5.64. The van der Waals surface area contributed by atoms with E-state index in [4.69, 9.17) is 27.9 Å². The van der Waals surface area contributed by atoms with Gasteiger partial charge in [-0.05, 0) is 47.7 Å². The third-order valence-electron chi connectivity index (χ3n) is 3.84. The number of carbonyl (C=O) groups excluding carboxylic acids is 2. The van der Waals surface area contributed by atoms with Crippen molar-refractivity contribution in [3.05, 3.63) is 60.9 Å². The summed E-state index contributed by atoms with van der Waals surface area (Å²) >= 11 is 16.4. The monoisotopic (exact) mass is 487 g/mol. The lowest BCUT2D eigenvalue weighted by atomic mass is 10.1. The van der Waals surface area contributed by atoms with Crippen LogP contribution in [-0.4, -0.2) is 28.3 Å². The molecule has 1 aliphatic heterocycles. The van der Waals surface area contributed by atoms with E-state index in [1.807, 2.05) is 0 Å². The van der Waals surface area contributed by atoms with E-state index in [-0.39, 0.29) is 22.9 Å². The number of rotatable bonds is 4. The van der Waals surface area contributed by atoms with Crippen LogP contribution in [0, 0.1) is 0 Å². The van der Waals surface area contributed by atoms with Crippen LogP contribution in [0.1, 0.15) is 11.1 Å². The molecule has 2 aromatic rings. The second kappa shape index (κ2) is 8.14. The van der Waals surface area contributed by atoms with Crippen molar-refractivity contribution in [2.75, 3.05) is 7.11 Å². The second-order valence-electron chi connectivity index (χ2n) is 5.51. The van der Waals surface area contributed by atoms with E-state index in [1.54, 1.807) is 30.3 Å². The van der Waals surface area contributed by atoms with Crippen molar-refractivity contribution in [1.29, 1.82) is 0 Å². The summed E-state index contributed by atoms with van der Waals surface area (Å²) in [5, 5.41) is 10.2. The molecule has 3 rings (SSSR count). The zero-order valence-electron chi connectivity index (χ0n) is 13.8. The molecule has 9 heteroatoms. The molecular formula is C18H12BrCl2NO4S. The van der Waals surface area contributed by atoms with Gasteiger partial charge in [0.15, 0.2) is 11.5 Å². The molecule has 5 nitrogen and oxygen atoms in total. The van der Waals surface area contributed by atoms with Crippen LogP contribution >= 0.6 is 50.9 Å². The van der Waals surface area contributed by atoms with Crippen molar-refractivity contribution in [2.45, 2.75) is 6.54 Å². The molecule has 0 unspecified atom stereocenters. The summed E-state index contributed by atoms with van der Waals surface area (Å²) in [4.78, 5) is 26.4. The van der Waals surface area contributed by atoms with Crippen LogP contribution in [0.3, 0.4) is 0 Å². The maximum absolute atomic E-state index is 12.7. The first kappa shape index (κ1) is 20.1. The van der Waals surface area contributed by atoms with Crippen LogP contribution in [0.25, 0.3) is 6.08 Å². The highest BCUT2D eigenvalue weighted by Crippen LogP contribution is 2.38. The van der Waals surface area contributed by atoms with E-state index in [9.17, 15) is 14.7 Å². The largest absolute Gasteiger partial charge is 0.504 e. The zero-order valence-corrected chi connectivity index (χ0v) is 17.7. The molecule has 27 heavy (non-hydrogen) atoms. The number of phenolic OH excluding ortho intramolecular Hbond substituents is 1. The topological polar surface area (TPSA) is 66.8 Å². The molecule has 2 aromatic carbocycles. The fraction of sp³-hybridized carbons (Fsp3) is 0.111. The highest BCUT2D eigenvalue weighted by atomic mass is 79.9. The van der Waals surface area contributed by atoms with Gasteiger partial charge in [-0.1, -0.05) is 45.2 Å². The Morgan fingerprint density at radius 1 is 1.26 bits per heavy atom. The number of aromatic hydroxyl groups is 1. The Hall–Kier alpha value is -1.67. The van der Waals surface area contributed by atoms with E-state index in [0.29, 0.717) is 25.6 Å². The van der Waals surface area contributed by atoms with Crippen molar-refractivity contribution in [3.8, 4) is 11.5 Å². The van der Waals surface area contributed by atoms with Crippen molar-refractivity contribution in [2.24, 2.45) is 0 Å². The molecule has 0 aliphatic carbocycles. The zero-order chi connectivity index (χ0) is 19.7. The van der Waals surface area contributed by atoms with E-state index < -0.39 is 11.1 Å². The first-order chi connectivity index (χ1) is 12.8. The fourth-order valence-electron chi connectivity index (χ4n) is 2.45. The lowest BCUT2D eigenvalue weighted by Gasteiger charge is -2.14. The smallest absolute Gasteiger partial charge is 0.293 e. The van der Waals surface area contributed by atoms with Gasteiger partial charge in [0.05, 0.1) is 18.6 Å². The van der Waals surface area contributed by atoms with Crippen molar-refractivity contribution >= 4 is 68.1 Å². The number of phenols is 1. The normalized spacial score (nSPS) is 15.7. The van der Waals surface area contributed by atoms with E-state index >= 15 is 0 Å². The van der Waals surface area contributed by atoms with Gasteiger partial charge in [-0.15, -0.1) is 0 Å². The highest BCUT2D eigenvalue weighted by molar-refractivity contribution is 9.10. The molecule has 0 radical (unpaired) electrons. The third kappa shape index (κ3) is 4.11. The average molecular weight is 489 g/mol. The number of carbonyl (C=O) groups is 2. The van der Waals surface area contributed by atoms with Gasteiger partial charge in [0.2, 0.25) is 0 Å². The van der Waals surface area contributed by atoms with Gasteiger partial charge in [-0.2, -0.15) is 0 Å². The first-order valence-corrected chi connectivity index (χ1v) is 9.93. The molecule has 0 atom stereocenters. The van der Waals surface area contributed by atoms with Gasteiger partial charge in [0, 0.05) is 20.1 Å². The van der Waals surface area contributed by atoms with E-state index in [2.05, 4.69) is 15.9 Å². The van der Waals surface area contributed by atoms with E-state index in [0.717, 1.165) is 16.7 Å². The minimum Gasteiger partial charge on any atom is -0.504 e. The molecule has 1 saturated heterocycles. The van der Waals surface area contributed by atoms with E-state index in [1.165, 1.54) is 13.2 Å². The molecule has 1 fully saturated rings. The van der Waals surface area contributed by atoms with Crippen LogP contribution in [0.5, 0.6) is 11.5 Å². The molecule has 0 aromatic heterocycles. The summed E-state index contributed by atoms with van der Waals surface area (Å²) in [7, 11) is 1.42. The predicted molar refractivity (Wildman–Crippen MR) is 110 cm³/mol. The summed E-state index contributed by atoms with van der Waals surface area (Å²) in [6.07, 6.45) is 1.56. The molecule has 0 saturated carbocycles. The van der Waals surface area contributed by atoms with Crippen LogP contribution in [0.15, 0.2) is 39.7 Å². The number of benzene rings is 2. The Morgan fingerprint density at radius 3 is 2.56 bits per heavy atom. The van der Waals surface area contributed by atoms with Crippen molar-refractivity contribution < 1.29 is 19.4 Å². The van der Waals surface area contributed by atoms with Crippen LogP contribution < -0.4 is 4.74 Å². The van der Waals surface area contributed by atoms with Crippen LogP contribution in [0.2, 0.25) is 10.0 Å². The molecule has 0 bridgehead atoms. The van der Waals surface area contributed by atoms with Gasteiger partial charge < -0.3 is 9.84 Å². The van der Waals surface area contributed by atoms with Gasteiger partial charge in [-0.25, -0.2) is 0 Å². The average Bonchev–Trinajstić information content (AvgIpc) is 2.87. The fourth-order valence-corrected chi connectivity index (χ4v) is 4.24. The third-order valence-corrected chi connectivity index (χ3v) is 6.14. The Bertz CT molecular complexity index is 960. The van der Waals surface area contributed by atoms with Crippen molar-refractivity contribution in [1.82, 2.24) is 4.90 Å². The van der Waals surface area contributed by atoms with Gasteiger partial charge in [-0.3, -0.25) is 14.5 Å². The molecule has 2 amide bonds. The highest BCUT2D eigenvalue weighted by Gasteiger charge is 2.36. The quantitative estimate of drug-likeness (QED) is 0.558. The second-order valence-corrected chi connectivity index (χ2v) is 8.18. The lowest BCUT2D eigenvalue weighted by molar-refractivity contribution is -0.123. The number of hydrogen-bond donors (Lipinski definition) is 1. The number of imide groups is 1. The maximum Gasteiger partial charge on any atom is 0.293 e. The predicted octanol–water partition coefficient (Wildman–Crippen LogP) is 5.71. The minimum atomic E-state index is -0.445. The number of ether oxygens (including phenoxy) is 1. The summed E-state index contributed by atoms with van der Waals surface area (Å²) in [5.41, 5.74) is 1.10. The lowest BCUT2D eigenvalue weighted by Crippen LogP contribution is -2.27. The number of amides is 2. The SMILES string of the molecule is COc1cc(/C=C2\SC(=O)N(Cc3c(Cl)cccc3Cl)C2=O)c(Br)cc1O. The standard InChI is InChI=1S/C18H12BrCl2NO4S/c1-26-15-5-9(11(19)7-14(15)23)6-16-17(24)22(18(25)27-16)8-10-12(20)3-2-4-13(10)21/h2-7,23H,8H2,1H3/b16-6-.